The van der Waals surface area contributed by atoms with Gasteiger partial charge >= 0.3 is 0 Å². The van der Waals surface area contributed by atoms with Gasteiger partial charge in [0.15, 0.2) is 0 Å². The second-order valence-corrected chi connectivity index (χ2v) is 7.29. The molecular formula is C12H22N2S. The third-order valence-corrected chi connectivity index (χ3v) is 6.12. The maximum absolute atomic E-state index is 3.93. The first-order valence-corrected chi connectivity index (χ1v) is 7.27. The first kappa shape index (κ1) is 10.4. The highest BCUT2D eigenvalue weighted by molar-refractivity contribution is 8.01. The molecule has 86 valence electrons. The van der Waals surface area contributed by atoms with Gasteiger partial charge in [0.05, 0.1) is 4.87 Å². The van der Waals surface area contributed by atoms with E-state index in [9.17, 15) is 0 Å². The minimum absolute atomic E-state index is 0.345. The van der Waals surface area contributed by atoms with E-state index >= 15 is 0 Å². The number of thioether (sulfide) groups is 1. The van der Waals surface area contributed by atoms with Gasteiger partial charge in [-0.3, -0.25) is 10.2 Å². The lowest BCUT2D eigenvalue weighted by atomic mass is 9.96. The predicted molar refractivity (Wildman–Crippen MR) is 66.2 cm³/mol. The average molecular weight is 226 g/mol. The van der Waals surface area contributed by atoms with Crippen molar-refractivity contribution in [2.45, 2.75) is 56.0 Å². The highest BCUT2D eigenvalue weighted by Crippen LogP contribution is 2.48. The Morgan fingerprint density at radius 3 is 2.87 bits per heavy atom. The first-order valence-electron chi connectivity index (χ1n) is 6.29. The van der Waals surface area contributed by atoms with Crippen LogP contribution >= 0.6 is 11.8 Å². The van der Waals surface area contributed by atoms with Crippen LogP contribution < -0.4 is 5.32 Å². The molecule has 2 unspecified atom stereocenters. The van der Waals surface area contributed by atoms with E-state index < -0.39 is 0 Å². The molecule has 2 atom stereocenters. The van der Waals surface area contributed by atoms with Crippen LogP contribution in [-0.2, 0) is 0 Å². The van der Waals surface area contributed by atoms with Gasteiger partial charge in [-0.05, 0) is 39.7 Å². The molecule has 0 amide bonds. The lowest BCUT2D eigenvalue weighted by Gasteiger charge is -2.39. The molecule has 0 saturated carbocycles. The highest BCUT2D eigenvalue weighted by Gasteiger charge is 2.53. The van der Waals surface area contributed by atoms with Gasteiger partial charge in [-0.2, -0.15) is 0 Å². The molecular weight excluding hydrogens is 204 g/mol. The summed E-state index contributed by atoms with van der Waals surface area (Å²) in [4.78, 5) is 3.13. The Kier molecular flexibility index (Phi) is 2.35. The zero-order valence-corrected chi connectivity index (χ0v) is 10.7. The Morgan fingerprint density at radius 2 is 2.13 bits per heavy atom. The number of hydrogen-bond donors (Lipinski definition) is 1. The second kappa shape index (κ2) is 3.38. The maximum atomic E-state index is 3.93. The van der Waals surface area contributed by atoms with Crippen LogP contribution in [0, 0.1) is 0 Å². The van der Waals surface area contributed by atoms with Crippen molar-refractivity contribution in [2.75, 3.05) is 18.8 Å². The smallest absolute Gasteiger partial charge is 0.0819 e. The lowest BCUT2D eigenvalue weighted by Crippen LogP contribution is -2.55. The molecule has 3 aliphatic heterocycles. The maximum Gasteiger partial charge on any atom is 0.0819 e. The number of hydrogen-bond acceptors (Lipinski definition) is 3. The van der Waals surface area contributed by atoms with Gasteiger partial charge in [0, 0.05) is 23.9 Å². The van der Waals surface area contributed by atoms with Crippen molar-refractivity contribution in [3.8, 4) is 0 Å². The summed E-state index contributed by atoms with van der Waals surface area (Å²) in [5, 5.41) is 3.93. The summed E-state index contributed by atoms with van der Waals surface area (Å²) < 4.78 is 0. The van der Waals surface area contributed by atoms with Crippen molar-refractivity contribution in [3.63, 3.8) is 0 Å². The summed E-state index contributed by atoms with van der Waals surface area (Å²) >= 11 is 2.19. The molecule has 0 radical (unpaired) electrons. The fourth-order valence-corrected chi connectivity index (χ4v) is 5.27. The van der Waals surface area contributed by atoms with Crippen molar-refractivity contribution in [2.24, 2.45) is 0 Å². The van der Waals surface area contributed by atoms with Gasteiger partial charge in [-0.25, -0.2) is 0 Å². The van der Waals surface area contributed by atoms with Crippen molar-refractivity contribution < 1.29 is 0 Å². The quantitative estimate of drug-likeness (QED) is 0.680. The fourth-order valence-electron chi connectivity index (χ4n) is 3.53. The molecule has 1 spiro atoms. The standard InChI is InChI=1S/C12H22N2S/c1-11(2)9-15-12(13-11)6-8-14-7-4-3-5-10(12)14/h10,13H,3-9H2,1-2H3. The predicted octanol–water partition coefficient (Wildman–Crippen LogP) is 2.06. The Hall–Kier alpha value is 0.270. The van der Waals surface area contributed by atoms with E-state index in [2.05, 4.69) is 35.8 Å². The number of piperidine rings is 1. The van der Waals surface area contributed by atoms with Crippen LogP contribution in [0.1, 0.15) is 39.5 Å². The third-order valence-electron chi connectivity index (χ3n) is 4.16. The van der Waals surface area contributed by atoms with E-state index in [1.54, 1.807) is 0 Å². The molecule has 15 heavy (non-hydrogen) atoms. The minimum Gasteiger partial charge on any atom is -0.298 e. The Bertz CT molecular complexity index is 266. The monoisotopic (exact) mass is 226 g/mol. The van der Waals surface area contributed by atoms with E-state index in [1.807, 2.05) is 0 Å². The Labute approximate surface area is 97.2 Å². The molecule has 3 heterocycles. The van der Waals surface area contributed by atoms with E-state index in [-0.39, 0.29) is 0 Å². The Morgan fingerprint density at radius 1 is 1.27 bits per heavy atom. The van der Waals surface area contributed by atoms with Crippen molar-refractivity contribution in [1.82, 2.24) is 10.2 Å². The molecule has 0 aromatic heterocycles. The zero-order valence-electron chi connectivity index (χ0n) is 9.88. The molecule has 0 bridgehead atoms. The molecule has 3 heteroatoms. The van der Waals surface area contributed by atoms with Crippen LogP contribution in [0.4, 0.5) is 0 Å². The number of nitrogens with zero attached hydrogens (tertiary/aromatic N) is 1. The molecule has 0 aromatic carbocycles. The summed E-state index contributed by atoms with van der Waals surface area (Å²) in [6.45, 7) is 7.36. The molecule has 2 nitrogen and oxygen atoms in total. The number of fused-ring (bicyclic) bond motifs is 2. The highest BCUT2D eigenvalue weighted by atomic mass is 32.2. The minimum atomic E-state index is 0.345. The first-order chi connectivity index (χ1) is 7.11. The van der Waals surface area contributed by atoms with E-state index in [0.29, 0.717) is 10.4 Å². The second-order valence-electron chi connectivity index (χ2n) is 5.98. The third kappa shape index (κ3) is 1.63. The van der Waals surface area contributed by atoms with Crippen LogP contribution in [0.25, 0.3) is 0 Å². The van der Waals surface area contributed by atoms with Gasteiger partial charge in [-0.1, -0.05) is 6.42 Å². The van der Waals surface area contributed by atoms with Crippen LogP contribution in [0.2, 0.25) is 0 Å². The number of nitrogens with one attached hydrogen (secondary N) is 1. The van der Waals surface area contributed by atoms with Crippen LogP contribution in [-0.4, -0.2) is 40.2 Å². The van der Waals surface area contributed by atoms with E-state index in [1.165, 1.54) is 44.5 Å². The summed E-state index contributed by atoms with van der Waals surface area (Å²) in [5.74, 6) is 1.28. The lowest BCUT2D eigenvalue weighted by molar-refractivity contribution is 0.165. The van der Waals surface area contributed by atoms with Crippen molar-refractivity contribution in [3.05, 3.63) is 0 Å². The van der Waals surface area contributed by atoms with Gasteiger partial charge in [0.1, 0.15) is 0 Å². The topological polar surface area (TPSA) is 15.3 Å². The largest absolute Gasteiger partial charge is 0.298 e. The van der Waals surface area contributed by atoms with E-state index in [4.69, 9.17) is 0 Å². The molecule has 0 aromatic rings. The normalized spacial score (nSPS) is 44.8. The average Bonchev–Trinajstić information content (AvgIpc) is 2.71. The molecule has 1 N–H and O–H groups in total. The molecule has 3 aliphatic rings. The molecule has 3 saturated heterocycles. The fraction of sp³-hybridized carbons (Fsp3) is 1.00. The molecule has 3 fully saturated rings. The summed E-state index contributed by atoms with van der Waals surface area (Å²) in [6, 6.07) is 0.818. The molecule has 3 rings (SSSR count). The van der Waals surface area contributed by atoms with Gasteiger partial charge < -0.3 is 0 Å². The van der Waals surface area contributed by atoms with Crippen LogP contribution in [0.5, 0.6) is 0 Å². The summed E-state index contributed by atoms with van der Waals surface area (Å²) in [6.07, 6.45) is 5.62. The summed E-state index contributed by atoms with van der Waals surface area (Å²) in [5.41, 5.74) is 0.345. The zero-order chi connectivity index (χ0) is 10.5. The van der Waals surface area contributed by atoms with Crippen LogP contribution in [0.3, 0.4) is 0 Å². The van der Waals surface area contributed by atoms with Gasteiger partial charge in [0.25, 0.3) is 0 Å². The van der Waals surface area contributed by atoms with Crippen LogP contribution in [0.15, 0.2) is 0 Å². The van der Waals surface area contributed by atoms with Gasteiger partial charge in [0.2, 0.25) is 0 Å². The molecule has 0 aliphatic carbocycles. The van der Waals surface area contributed by atoms with E-state index in [0.717, 1.165) is 6.04 Å². The SMILES string of the molecule is CC1(C)CSC2(CCN3CCCCC32)N1. The van der Waals surface area contributed by atoms with Gasteiger partial charge in [-0.15, -0.1) is 11.8 Å². The number of rotatable bonds is 0. The summed E-state index contributed by atoms with van der Waals surface area (Å²) in [7, 11) is 0. The van der Waals surface area contributed by atoms with Crippen molar-refractivity contribution in [1.29, 1.82) is 0 Å². The van der Waals surface area contributed by atoms with Crippen molar-refractivity contribution >= 4 is 11.8 Å². The Balaban J connectivity index is 1.82.